The first-order valence-electron chi connectivity index (χ1n) is 29.4. The molecule has 0 aromatic carbocycles. The van der Waals surface area contributed by atoms with E-state index in [4.69, 9.17) is 13.8 Å². The summed E-state index contributed by atoms with van der Waals surface area (Å²) >= 11 is 0. The van der Waals surface area contributed by atoms with E-state index in [-0.39, 0.29) is 12.8 Å². The molecule has 0 fully saturated rings. The van der Waals surface area contributed by atoms with Gasteiger partial charge in [-0.2, -0.15) is 0 Å². The summed E-state index contributed by atoms with van der Waals surface area (Å²) in [6, 6.07) is -1.55. The average Bonchev–Trinajstić information content (AvgIpc) is 3.34. The monoisotopic (exact) mass is 1010 g/mol. The minimum Gasteiger partial charge on any atom is -0.480 e. The number of aliphatic hydroxyl groups excluding tert-OH is 1. The Hall–Kier alpha value is -2.04. The second kappa shape index (κ2) is 53.3. The number of aliphatic carboxylic acids is 1. The van der Waals surface area contributed by atoms with E-state index < -0.39 is 57.6 Å². The summed E-state index contributed by atoms with van der Waals surface area (Å²) in [5, 5.41) is 22.0. The summed E-state index contributed by atoms with van der Waals surface area (Å²) < 4.78 is 27.1. The second-order valence-corrected chi connectivity index (χ2v) is 21.6. The number of hydrogen-bond donors (Lipinski definition) is 4. The highest BCUT2D eigenvalue weighted by molar-refractivity contribution is 7.47. The molecule has 0 aliphatic heterocycles. The first-order chi connectivity index (χ1) is 34.1. The van der Waals surface area contributed by atoms with Crippen LogP contribution in [-0.4, -0.2) is 64.9 Å². The number of phosphoric ester groups is 1. The third-order valence-electron chi connectivity index (χ3n) is 13.2. The van der Waals surface area contributed by atoms with Gasteiger partial charge in [0, 0.05) is 12.8 Å². The molecule has 0 aliphatic rings. The minimum atomic E-state index is -4.76. The van der Waals surface area contributed by atoms with Crippen molar-refractivity contribution in [3.05, 3.63) is 24.3 Å². The zero-order valence-electron chi connectivity index (χ0n) is 45.3. The largest absolute Gasteiger partial charge is 0.480 e. The van der Waals surface area contributed by atoms with Gasteiger partial charge in [-0.1, -0.05) is 263 Å². The van der Waals surface area contributed by atoms with Crippen LogP contribution in [-0.2, 0) is 32.7 Å². The number of unbranched alkanes of at least 4 members (excludes halogenated alkanes) is 38. The van der Waals surface area contributed by atoms with Gasteiger partial charge in [0.1, 0.15) is 12.7 Å². The molecule has 11 nitrogen and oxygen atoms in total. The molecule has 3 unspecified atom stereocenters. The van der Waals surface area contributed by atoms with Gasteiger partial charge in [0.05, 0.1) is 13.2 Å². The molecule has 0 aromatic heterocycles. The molecule has 0 aromatic rings. The van der Waals surface area contributed by atoms with Crippen LogP contribution >= 0.6 is 7.82 Å². The number of phosphoric acid groups is 1. The number of rotatable bonds is 56. The molecule has 1 amide bonds. The van der Waals surface area contributed by atoms with Crippen molar-refractivity contribution in [2.24, 2.45) is 0 Å². The van der Waals surface area contributed by atoms with E-state index in [0.717, 1.165) is 44.9 Å². The Bertz CT molecular complexity index is 1280. The van der Waals surface area contributed by atoms with Gasteiger partial charge in [0.2, 0.25) is 5.91 Å². The van der Waals surface area contributed by atoms with Crippen molar-refractivity contribution < 1.29 is 47.8 Å². The Labute approximate surface area is 429 Å². The molecule has 0 rings (SSSR count). The standard InChI is InChI=1S/C58H110NO10P/c1-3-5-7-9-11-13-15-17-19-21-23-25-27-29-31-33-35-37-39-41-43-45-47-49-56(61)59-55(58(63)64)53-69-70(65,66)68-52-54(60)51-67-57(62)50-48-46-44-42-40-38-36-34-32-30-28-26-24-22-20-18-16-14-12-10-8-6-4-2/h11,13,17,19,54-55,60H,3-10,12,14-16,18,20-53H2,1-2H3,(H,59,61)(H,63,64)(H,65,66)/b13-11-,19-17-. The fourth-order valence-electron chi connectivity index (χ4n) is 8.70. The summed E-state index contributed by atoms with van der Waals surface area (Å²) in [4.78, 5) is 46.3. The third kappa shape index (κ3) is 52.3. The highest BCUT2D eigenvalue weighted by Gasteiger charge is 2.28. The van der Waals surface area contributed by atoms with Crippen LogP contribution in [0.15, 0.2) is 24.3 Å². The maximum absolute atomic E-state index is 12.4. The first kappa shape index (κ1) is 68.0. The summed E-state index contributed by atoms with van der Waals surface area (Å²) in [7, 11) is -4.76. The lowest BCUT2D eigenvalue weighted by Crippen LogP contribution is -2.43. The molecule has 0 spiro atoms. The number of amides is 1. The zero-order chi connectivity index (χ0) is 51.3. The van der Waals surface area contributed by atoms with Crippen molar-refractivity contribution in [2.45, 2.75) is 309 Å². The van der Waals surface area contributed by atoms with Gasteiger partial charge in [-0.05, 0) is 44.9 Å². The predicted octanol–water partition coefficient (Wildman–Crippen LogP) is 16.9. The molecule has 0 radical (unpaired) electrons. The first-order valence-corrected chi connectivity index (χ1v) is 30.9. The molecule has 12 heteroatoms. The molecule has 0 heterocycles. The van der Waals surface area contributed by atoms with Crippen LogP contribution in [0.3, 0.4) is 0 Å². The van der Waals surface area contributed by atoms with Crippen LogP contribution in [0.1, 0.15) is 296 Å². The quantitative estimate of drug-likeness (QED) is 0.0199. The fraction of sp³-hybridized carbons (Fsp3) is 0.879. The van der Waals surface area contributed by atoms with Crippen molar-refractivity contribution in [2.75, 3.05) is 19.8 Å². The lowest BCUT2D eigenvalue weighted by atomic mass is 10.0. The van der Waals surface area contributed by atoms with Crippen LogP contribution in [0.4, 0.5) is 0 Å². The van der Waals surface area contributed by atoms with Gasteiger partial charge in [0.25, 0.3) is 0 Å². The van der Waals surface area contributed by atoms with E-state index in [1.54, 1.807) is 0 Å². The van der Waals surface area contributed by atoms with Crippen LogP contribution < -0.4 is 5.32 Å². The highest BCUT2D eigenvalue weighted by Crippen LogP contribution is 2.43. The van der Waals surface area contributed by atoms with Gasteiger partial charge in [-0.15, -0.1) is 0 Å². The van der Waals surface area contributed by atoms with E-state index in [2.05, 4.69) is 43.5 Å². The summed E-state index contributed by atoms with van der Waals surface area (Å²) in [5.74, 6) is -2.35. The van der Waals surface area contributed by atoms with E-state index in [9.17, 15) is 34.1 Å². The predicted molar refractivity (Wildman–Crippen MR) is 291 cm³/mol. The Kier molecular flexibility index (Phi) is 51.7. The van der Waals surface area contributed by atoms with Crippen LogP contribution in [0.5, 0.6) is 0 Å². The number of esters is 1. The fourth-order valence-corrected chi connectivity index (χ4v) is 9.48. The summed E-state index contributed by atoms with van der Waals surface area (Å²) in [6.07, 6.45) is 60.7. The molecular formula is C58H110NO10P. The van der Waals surface area contributed by atoms with E-state index >= 15 is 0 Å². The Morgan fingerprint density at radius 2 is 0.786 bits per heavy atom. The van der Waals surface area contributed by atoms with Crippen molar-refractivity contribution >= 4 is 25.7 Å². The molecule has 70 heavy (non-hydrogen) atoms. The highest BCUT2D eigenvalue weighted by atomic mass is 31.2. The van der Waals surface area contributed by atoms with E-state index in [1.165, 1.54) is 212 Å². The number of carbonyl (C=O) groups excluding carboxylic acids is 2. The van der Waals surface area contributed by atoms with Crippen molar-refractivity contribution in [1.29, 1.82) is 0 Å². The van der Waals surface area contributed by atoms with Crippen molar-refractivity contribution in [1.82, 2.24) is 5.32 Å². The minimum absolute atomic E-state index is 0.147. The number of ether oxygens (including phenoxy) is 1. The number of carbonyl (C=O) groups is 3. The number of aliphatic hydroxyl groups is 1. The average molecular weight is 1010 g/mol. The second-order valence-electron chi connectivity index (χ2n) is 20.2. The number of allylic oxidation sites excluding steroid dienone is 4. The van der Waals surface area contributed by atoms with Crippen molar-refractivity contribution in [3.8, 4) is 0 Å². The number of hydrogen-bond acceptors (Lipinski definition) is 8. The van der Waals surface area contributed by atoms with Gasteiger partial charge in [-0.25, -0.2) is 9.36 Å². The molecule has 0 aliphatic carbocycles. The molecule has 0 saturated carbocycles. The molecular weight excluding hydrogens is 902 g/mol. The Morgan fingerprint density at radius 1 is 0.457 bits per heavy atom. The number of carboxylic acids is 1. The zero-order valence-corrected chi connectivity index (χ0v) is 46.2. The van der Waals surface area contributed by atoms with Crippen LogP contribution in [0, 0.1) is 0 Å². The summed E-state index contributed by atoms with van der Waals surface area (Å²) in [5.41, 5.74) is 0. The molecule has 0 saturated heterocycles. The van der Waals surface area contributed by atoms with E-state index in [1.807, 2.05) is 0 Å². The SMILES string of the molecule is CCCCC/C=C\C/C=C\CCCCCCCCCCCCCCCC(=O)NC(COP(=O)(O)OCC(O)COC(=O)CCCCCCCCCCCCCCCCCCCCCCCCC)C(=O)O. The number of carboxylic acid groups (broad SMARTS) is 1. The topological polar surface area (TPSA) is 169 Å². The van der Waals surface area contributed by atoms with Crippen LogP contribution in [0.2, 0.25) is 0 Å². The third-order valence-corrected chi connectivity index (χ3v) is 14.2. The van der Waals surface area contributed by atoms with Gasteiger partial charge >= 0.3 is 19.8 Å². The van der Waals surface area contributed by atoms with Gasteiger partial charge in [0.15, 0.2) is 6.04 Å². The lowest BCUT2D eigenvalue weighted by Gasteiger charge is -2.18. The smallest absolute Gasteiger partial charge is 0.472 e. The van der Waals surface area contributed by atoms with Crippen LogP contribution in [0.25, 0.3) is 0 Å². The van der Waals surface area contributed by atoms with Crippen molar-refractivity contribution in [3.63, 3.8) is 0 Å². The Balaban J connectivity index is 3.73. The number of nitrogens with one attached hydrogen (secondary N) is 1. The maximum atomic E-state index is 12.4. The molecule has 3 atom stereocenters. The van der Waals surface area contributed by atoms with Gasteiger partial charge in [-0.3, -0.25) is 18.6 Å². The molecule has 412 valence electrons. The maximum Gasteiger partial charge on any atom is 0.472 e. The Morgan fingerprint density at radius 3 is 1.19 bits per heavy atom. The summed E-state index contributed by atoms with van der Waals surface area (Å²) in [6.45, 7) is 2.64. The molecule has 0 bridgehead atoms. The van der Waals surface area contributed by atoms with E-state index in [0.29, 0.717) is 12.8 Å². The van der Waals surface area contributed by atoms with Gasteiger partial charge < -0.3 is 25.2 Å². The normalized spacial score (nSPS) is 13.5. The lowest BCUT2D eigenvalue weighted by molar-refractivity contribution is -0.147. The molecule has 4 N–H and O–H groups in total.